The number of rotatable bonds is 7. The highest BCUT2D eigenvalue weighted by Crippen LogP contribution is 2.26. The third-order valence-electron chi connectivity index (χ3n) is 2.53. The summed E-state index contributed by atoms with van der Waals surface area (Å²) in [5.41, 5.74) is 0. The Bertz CT molecular complexity index is 91.0. The van der Waals surface area contributed by atoms with Crippen molar-refractivity contribution in [2.24, 2.45) is 5.92 Å². The first-order chi connectivity index (χ1) is 5.76. The predicted octanol–water partition coefficient (Wildman–Crippen LogP) is 4.81. The van der Waals surface area contributed by atoms with Gasteiger partial charge in [-0.05, 0) is 18.8 Å². The van der Waals surface area contributed by atoms with Crippen LogP contribution in [0.4, 0.5) is 0 Å². The molecule has 2 unspecified atom stereocenters. The molecule has 0 amide bonds. The Kier molecular flexibility index (Phi) is 8.84. The highest BCUT2D eigenvalue weighted by atomic mass is 127. The molecule has 0 aromatic heterocycles. The maximum atomic E-state index is 2.64. The summed E-state index contributed by atoms with van der Waals surface area (Å²) in [6, 6.07) is 0. The molecule has 0 aromatic carbocycles. The highest BCUT2D eigenvalue weighted by Gasteiger charge is 2.14. The number of alkyl halides is 1. The van der Waals surface area contributed by atoms with E-state index in [1.807, 2.05) is 0 Å². The number of unbranched alkanes of at least 4 members (excludes halogenated alkanes) is 1. The summed E-state index contributed by atoms with van der Waals surface area (Å²) in [5, 5.41) is 0. The van der Waals surface area contributed by atoms with Gasteiger partial charge in [-0.25, -0.2) is 0 Å². The zero-order valence-electron chi connectivity index (χ0n) is 8.78. The molecule has 0 aliphatic heterocycles. The van der Waals surface area contributed by atoms with Gasteiger partial charge < -0.3 is 0 Å². The fourth-order valence-corrected chi connectivity index (χ4v) is 3.11. The largest absolute Gasteiger partial charge is 0.0823 e. The van der Waals surface area contributed by atoms with Crippen molar-refractivity contribution in [3.05, 3.63) is 0 Å². The van der Waals surface area contributed by atoms with Gasteiger partial charge in [-0.2, -0.15) is 0 Å². The lowest BCUT2D eigenvalue weighted by atomic mass is 9.94. The van der Waals surface area contributed by atoms with E-state index in [1.54, 1.807) is 0 Å². The minimum atomic E-state index is 0.921. The third kappa shape index (κ3) is 5.39. The molecule has 0 radical (unpaired) electrons. The minimum absolute atomic E-state index is 0.921. The summed E-state index contributed by atoms with van der Waals surface area (Å²) < 4.78 is 0.921. The first kappa shape index (κ1) is 12.7. The molecule has 74 valence electrons. The Hall–Kier alpha value is 0.730. The molecular formula is C11H23I. The molecule has 2 atom stereocenters. The molecular weight excluding hydrogens is 259 g/mol. The van der Waals surface area contributed by atoms with Gasteiger partial charge in [-0.15, -0.1) is 0 Å². The molecule has 0 saturated heterocycles. The van der Waals surface area contributed by atoms with Gasteiger partial charge in [0.25, 0.3) is 0 Å². The second kappa shape index (κ2) is 8.33. The van der Waals surface area contributed by atoms with Crippen LogP contribution in [0.2, 0.25) is 0 Å². The maximum Gasteiger partial charge on any atom is 0.0138 e. The normalized spacial score (nSPS) is 16.0. The van der Waals surface area contributed by atoms with Crippen LogP contribution in [0.1, 0.15) is 59.3 Å². The zero-order valence-corrected chi connectivity index (χ0v) is 10.9. The van der Waals surface area contributed by atoms with Crippen LogP contribution in [-0.2, 0) is 0 Å². The van der Waals surface area contributed by atoms with Gasteiger partial charge in [0.05, 0.1) is 0 Å². The SMILES string of the molecule is CCCCC(CC)C(I)CCC. The van der Waals surface area contributed by atoms with Crippen LogP contribution in [-0.4, -0.2) is 3.92 Å². The van der Waals surface area contributed by atoms with Crippen molar-refractivity contribution in [3.63, 3.8) is 0 Å². The van der Waals surface area contributed by atoms with Crippen molar-refractivity contribution in [3.8, 4) is 0 Å². The lowest BCUT2D eigenvalue weighted by Gasteiger charge is -2.20. The highest BCUT2D eigenvalue weighted by molar-refractivity contribution is 14.1. The fourth-order valence-electron chi connectivity index (χ4n) is 1.62. The molecule has 0 N–H and O–H groups in total. The Balaban J connectivity index is 3.62. The van der Waals surface area contributed by atoms with Crippen LogP contribution < -0.4 is 0 Å². The van der Waals surface area contributed by atoms with E-state index in [-0.39, 0.29) is 0 Å². The summed E-state index contributed by atoms with van der Waals surface area (Å²) in [6.45, 7) is 6.91. The van der Waals surface area contributed by atoms with Crippen LogP contribution in [0.15, 0.2) is 0 Å². The summed E-state index contributed by atoms with van der Waals surface area (Å²) in [4.78, 5) is 0. The molecule has 0 fully saturated rings. The second-order valence-corrected chi connectivity index (χ2v) is 5.22. The maximum absolute atomic E-state index is 2.64. The van der Waals surface area contributed by atoms with Gasteiger partial charge in [0.1, 0.15) is 0 Å². The molecule has 0 saturated carbocycles. The molecule has 1 heteroatoms. The first-order valence-electron chi connectivity index (χ1n) is 5.40. The molecule has 0 heterocycles. The van der Waals surface area contributed by atoms with Crippen molar-refractivity contribution in [2.75, 3.05) is 0 Å². The van der Waals surface area contributed by atoms with E-state index in [0.29, 0.717) is 0 Å². The second-order valence-electron chi connectivity index (χ2n) is 3.62. The van der Waals surface area contributed by atoms with Gasteiger partial charge in [0, 0.05) is 3.92 Å². The van der Waals surface area contributed by atoms with E-state index in [0.717, 1.165) is 9.84 Å². The molecule has 0 bridgehead atoms. The smallest absolute Gasteiger partial charge is 0.0138 e. The molecule has 0 nitrogen and oxygen atoms in total. The van der Waals surface area contributed by atoms with Crippen LogP contribution in [0, 0.1) is 5.92 Å². The fraction of sp³-hybridized carbons (Fsp3) is 1.00. The van der Waals surface area contributed by atoms with Crippen molar-refractivity contribution < 1.29 is 0 Å². The van der Waals surface area contributed by atoms with E-state index in [9.17, 15) is 0 Å². The van der Waals surface area contributed by atoms with Gasteiger partial charge in [-0.1, -0.05) is 69.0 Å². The molecule has 0 aliphatic rings. The lowest BCUT2D eigenvalue weighted by Crippen LogP contribution is -2.13. The quantitative estimate of drug-likeness (QED) is 0.464. The van der Waals surface area contributed by atoms with Crippen LogP contribution >= 0.6 is 22.6 Å². The van der Waals surface area contributed by atoms with Crippen LogP contribution in [0.25, 0.3) is 0 Å². The Morgan fingerprint density at radius 2 is 1.67 bits per heavy atom. The van der Waals surface area contributed by atoms with Gasteiger partial charge in [0.2, 0.25) is 0 Å². The van der Waals surface area contributed by atoms with Gasteiger partial charge in [0.15, 0.2) is 0 Å². The summed E-state index contributed by atoms with van der Waals surface area (Å²) in [7, 11) is 0. The predicted molar refractivity (Wildman–Crippen MR) is 66.0 cm³/mol. The van der Waals surface area contributed by atoms with Gasteiger partial charge in [-0.3, -0.25) is 0 Å². The lowest BCUT2D eigenvalue weighted by molar-refractivity contribution is 0.431. The van der Waals surface area contributed by atoms with Crippen LogP contribution in [0.3, 0.4) is 0 Å². The molecule has 0 aliphatic carbocycles. The Morgan fingerprint density at radius 3 is 2.08 bits per heavy atom. The van der Waals surface area contributed by atoms with Crippen molar-refractivity contribution in [2.45, 2.75) is 63.2 Å². The van der Waals surface area contributed by atoms with Gasteiger partial charge >= 0.3 is 0 Å². The van der Waals surface area contributed by atoms with Crippen molar-refractivity contribution >= 4 is 22.6 Å². The standard InChI is InChI=1S/C11H23I/c1-4-7-9-10(6-3)11(12)8-5-2/h10-11H,4-9H2,1-3H3. The minimum Gasteiger partial charge on any atom is -0.0823 e. The van der Waals surface area contributed by atoms with E-state index in [2.05, 4.69) is 43.4 Å². The van der Waals surface area contributed by atoms with E-state index < -0.39 is 0 Å². The Labute approximate surface area is 91.7 Å². The number of halogens is 1. The molecule has 0 aromatic rings. The van der Waals surface area contributed by atoms with Crippen molar-refractivity contribution in [1.29, 1.82) is 0 Å². The Morgan fingerprint density at radius 1 is 1.00 bits per heavy atom. The average Bonchev–Trinajstić information content (AvgIpc) is 2.06. The van der Waals surface area contributed by atoms with E-state index in [1.165, 1.54) is 38.5 Å². The topological polar surface area (TPSA) is 0 Å². The van der Waals surface area contributed by atoms with Crippen molar-refractivity contribution in [1.82, 2.24) is 0 Å². The molecule has 12 heavy (non-hydrogen) atoms. The summed E-state index contributed by atoms with van der Waals surface area (Å²) >= 11 is 2.64. The third-order valence-corrected chi connectivity index (χ3v) is 4.17. The van der Waals surface area contributed by atoms with E-state index >= 15 is 0 Å². The summed E-state index contributed by atoms with van der Waals surface area (Å²) in [6.07, 6.45) is 8.33. The molecule has 0 rings (SSSR count). The van der Waals surface area contributed by atoms with Crippen LogP contribution in [0.5, 0.6) is 0 Å². The number of hydrogen-bond donors (Lipinski definition) is 0. The summed E-state index contributed by atoms with van der Waals surface area (Å²) in [5.74, 6) is 0.977. The average molecular weight is 282 g/mol. The first-order valence-corrected chi connectivity index (χ1v) is 6.64. The number of hydrogen-bond acceptors (Lipinski definition) is 0. The zero-order chi connectivity index (χ0) is 9.40. The molecule has 0 spiro atoms. The van der Waals surface area contributed by atoms with E-state index in [4.69, 9.17) is 0 Å². The monoisotopic (exact) mass is 282 g/mol.